The van der Waals surface area contributed by atoms with E-state index in [4.69, 9.17) is 66.8 Å². The molecule has 0 saturated heterocycles. The third kappa shape index (κ3) is 11.7. The zero-order valence-corrected chi connectivity index (χ0v) is 72.7. The molecule has 15 heteroatoms. The second-order valence-electron chi connectivity index (χ2n) is 34.5. The van der Waals surface area contributed by atoms with Gasteiger partial charge in [0, 0.05) is 98.0 Å². The lowest BCUT2D eigenvalue weighted by Gasteiger charge is -2.11. The molecular formula is C123H70N12O3. The fourth-order valence-corrected chi connectivity index (χ4v) is 21.3. The molecule has 0 spiro atoms. The molecular weight excluding hydrogens is 1690 g/mol. The van der Waals surface area contributed by atoms with Crippen molar-refractivity contribution in [2.75, 3.05) is 0 Å². The summed E-state index contributed by atoms with van der Waals surface area (Å²) < 4.78 is 111. The predicted molar refractivity (Wildman–Crippen MR) is 561 cm³/mol. The molecule has 0 N–H and O–H groups in total. The molecule has 9 heterocycles. The molecule has 15 nitrogen and oxygen atoms in total. The Hall–Kier alpha value is -19.0. The van der Waals surface area contributed by atoms with Crippen LogP contribution in [0.5, 0.6) is 0 Å². The highest BCUT2D eigenvalue weighted by molar-refractivity contribution is 6.42. The summed E-state index contributed by atoms with van der Waals surface area (Å²) in [5.41, 5.74) is 15.7. The Morgan fingerprint density at radius 2 is 0.370 bits per heavy atom. The number of benzene rings is 19. The maximum Gasteiger partial charge on any atom is 0.238 e. The molecule has 0 amide bonds. The van der Waals surface area contributed by atoms with Gasteiger partial charge in [-0.1, -0.05) is 352 Å². The predicted octanol–water partition coefficient (Wildman–Crippen LogP) is 31.5. The van der Waals surface area contributed by atoms with Crippen LogP contribution < -0.4 is 0 Å². The fraction of sp³-hybridized carbons (Fsp3) is 0. The summed E-state index contributed by atoms with van der Waals surface area (Å²) in [6.07, 6.45) is 0. The van der Waals surface area contributed by atoms with E-state index in [1.165, 1.54) is 54.0 Å². The summed E-state index contributed by atoms with van der Waals surface area (Å²) in [6, 6.07) is 119. The first-order chi connectivity index (χ1) is 72.6. The first-order valence-corrected chi connectivity index (χ1v) is 45.4. The fourth-order valence-electron chi connectivity index (χ4n) is 21.3. The van der Waals surface area contributed by atoms with Gasteiger partial charge in [-0.15, -0.1) is 0 Å². The van der Waals surface area contributed by atoms with Crippen molar-refractivity contribution in [3.63, 3.8) is 0 Å². The Bertz CT molecular complexity index is 10900. The van der Waals surface area contributed by atoms with E-state index in [2.05, 4.69) is 226 Å². The molecule has 0 radical (unpaired) electrons. The van der Waals surface area contributed by atoms with E-state index in [0.29, 0.717) is 57.4 Å². The minimum atomic E-state index is -0.610. The molecule has 22 aromatic carbocycles. The Morgan fingerprint density at radius 3 is 0.667 bits per heavy atom. The Balaban J connectivity index is 0.000000105. The highest BCUT2D eigenvalue weighted by Gasteiger charge is 2.31. The molecule has 0 bridgehead atoms. The molecule has 0 unspecified atom stereocenters. The van der Waals surface area contributed by atoms with Gasteiger partial charge < -0.3 is 13.3 Å². The number of hydrogen-bond donors (Lipinski definition) is 0. The summed E-state index contributed by atoms with van der Waals surface area (Å²) in [6.45, 7) is 0. The van der Waals surface area contributed by atoms with Gasteiger partial charge in [0.25, 0.3) is 0 Å². The number of furan rings is 3. The van der Waals surface area contributed by atoms with Gasteiger partial charge in [0.1, 0.15) is 33.5 Å². The van der Waals surface area contributed by atoms with E-state index in [-0.39, 0.29) is 28.7 Å². The Morgan fingerprint density at radius 1 is 0.152 bits per heavy atom. The van der Waals surface area contributed by atoms with Crippen LogP contribution in [0.2, 0.25) is 0 Å². The molecule has 9 aromatic heterocycles. The van der Waals surface area contributed by atoms with Crippen LogP contribution in [0.1, 0.15) is 13.7 Å². The van der Waals surface area contributed by atoms with Crippen LogP contribution in [0.4, 0.5) is 0 Å². The Kier molecular flexibility index (Phi) is 14.7. The zero-order valence-electron chi connectivity index (χ0n) is 82.7. The maximum atomic E-state index is 8.76. The van der Waals surface area contributed by atoms with Crippen molar-refractivity contribution < 1.29 is 27.0 Å². The first-order valence-electron chi connectivity index (χ1n) is 50.4. The monoisotopic (exact) mass is 1770 g/mol. The zero-order chi connectivity index (χ0) is 99.0. The first kappa shape index (κ1) is 67.2. The highest BCUT2D eigenvalue weighted by atomic mass is 16.3. The normalized spacial score (nSPS) is 13.1. The van der Waals surface area contributed by atoms with Crippen molar-refractivity contribution in [1.82, 2.24) is 58.6 Å². The lowest BCUT2D eigenvalue weighted by Crippen LogP contribution is -2.06. The van der Waals surface area contributed by atoms with Crippen molar-refractivity contribution in [1.29, 1.82) is 0 Å². The topological polar surface area (TPSA) is 170 Å². The summed E-state index contributed by atoms with van der Waals surface area (Å²) in [5.74, 6) is 2.91. The molecule has 0 atom stereocenters. The second-order valence-corrected chi connectivity index (χ2v) is 34.5. The molecule has 31 rings (SSSR count). The van der Waals surface area contributed by atoms with Crippen molar-refractivity contribution >= 4 is 196 Å². The van der Waals surface area contributed by atoms with Gasteiger partial charge in [-0.25, -0.2) is 15.0 Å². The van der Waals surface area contributed by atoms with Crippen molar-refractivity contribution in [3.8, 4) is 97.3 Å². The van der Waals surface area contributed by atoms with Crippen molar-refractivity contribution in [3.05, 3.63) is 424 Å². The smallest absolute Gasteiger partial charge is 0.238 e. The van der Waals surface area contributed by atoms with E-state index < -0.39 is 60.4 Å². The van der Waals surface area contributed by atoms with Gasteiger partial charge in [-0.3, -0.25) is 13.7 Å². The van der Waals surface area contributed by atoms with Crippen molar-refractivity contribution in [2.45, 2.75) is 0 Å². The highest BCUT2D eigenvalue weighted by Crippen LogP contribution is 2.52. The van der Waals surface area contributed by atoms with E-state index in [9.17, 15) is 0 Å². The maximum absolute atomic E-state index is 8.76. The van der Waals surface area contributed by atoms with Gasteiger partial charge in [-0.2, -0.15) is 29.9 Å². The number of nitrogens with zero attached hydrogens (tertiary/aromatic N) is 12. The van der Waals surface area contributed by atoms with Crippen LogP contribution in [0.25, 0.3) is 293 Å². The van der Waals surface area contributed by atoms with Gasteiger partial charge in [-0.05, 0) is 149 Å². The lowest BCUT2D eigenvalue weighted by molar-refractivity contribution is 0.669. The number of aromatic nitrogens is 12. The van der Waals surface area contributed by atoms with Crippen LogP contribution in [0.3, 0.4) is 0 Å². The average molecular weight is 1770 g/mol. The van der Waals surface area contributed by atoms with E-state index >= 15 is 0 Å². The molecule has 640 valence electrons. The molecule has 0 aliphatic rings. The van der Waals surface area contributed by atoms with Crippen LogP contribution in [0.15, 0.2) is 438 Å². The Labute approximate surface area is 798 Å². The summed E-state index contributed by atoms with van der Waals surface area (Å²) in [4.78, 5) is 44.7. The van der Waals surface area contributed by atoms with Gasteiger partial charge in [0.2, 0.25) is 17.8 Å². The summed E-state index contributed by atoms with van der Waals surface area (Å²) in [7, 11) is 0. The largest absolute Gasteiger partial charge is 0.456 e. The second kappa shape index (κ2) is 30.3. The van der Waals surface area contributed by atoms with Gasteiger partial charge in [0.05, 0.1) is 46.8 Å². The number of rotatable bonds is 10. The molecule has 0 aliphatic heterocycles. The van der Waals surface area contributed by atoms with E-state index in [1.54, 1.807) is 4.57 Å². The minimum Gasteiger partial charge on any atom is -0.456 e. The van der Waals surface area contributed by atoms with Crippen LogP contribution in [-0.4, -0.2) is 58.6 Å². The van der Waals surface area contributed by atoms with Gasteiger partial charge >= 0.3 is 0 Å². The minimum absolute atomic E-state index is 0.0642. The SMILES string of the molecule is [2H]c1c([2H])c([2H])c(-c2nc(-c3c([2H])c([2H])c([2H])c([2H])c3[2H])nc(-n3c4cccc5c6ccccc6c6cccc7oc8ccc3c(c8c76)c54)n2)c([2H])c1[2H].c1ccc(-c2ccc(-c3nc(-c4ccccc4)nc(-n4c5cccc6c7ccccc7c7cccc8oc9ccc4c(c9c87)c65)n3)cc2)cc1.c1ccc(-c2nc(-c3ccccc3)nc(-n3c4cccc5c6ccccc6c6cccc7oc8ccc3c(c8c76)c54)n2)cc1. The molecule has 0 aliphatic carbocycles. The third-order valence-corrected chi connectivity index (χ3v) is 27.0. The standard InChI is InChI=1S/C45H26N4O.2C39H22N4O/c1-3-11-27(12-4-1)28-21-23-30(24-22-28)44-46-43(29-13-5-2-6-14-29)47-45(48-44)49-35-19-9-17-33-31-15-7-8-16-32(31)34-18-10-20-37-40(34)42-38(50-37)26-25-36(49)41(42)39(33)35;2*1-3-11-23(12-4-1)37-40-38(24-13-5-2-6-14-24)42-39(41-37)43-29-19-9-17-27-25-15-7-8-16-26(25)28-18-10-20-31-34(28)36-32(44-31)22-21-30(43)35(36)33(27)29/h1-26H;2*1-22H/i;1D,2D,3D,4D,5D,6D,11D,12D,13D,14D;. The molecule has 138 heavy (non-hydrogen) atoms. The van der Waals surface area contributed by atoms with Crippen LogP contribution >= 0.6 is 0 Å². The van der Waals surface area contributed by atoms with Crippen LogP contribution in [-0.2, 0) is 0 Å². The number of fused-ring (bicyclic) bond motifs is 9. The molecule has 31 aromatic rings. The summed E-state index contributed by atoms with van der Waals surface area (Å²) in [5, 5.41) is 26.0. The summed E-state index contributed by atoms with van der Waals surface area (Å²) >= 11 is 0. The quantitative estimate of drug-likeness (QED) is 0.127. The van der Waals surface area contributed by atoms with E-state index in [0.717, 1.165) is 153 Å². The third-order valence-electron chi connectivity index (χ3n) is 27.0. The number of hydrogen-bond acceptors (Lipinski definition) is 12. The van der Waals surface area contributed by atoms with E-state index in [1.807, 2.05) is 152 Å². The average Bonchev–Trinajstić information content (AvgIpc) is 1.54. The van der Waals surface area contributed by atoms with Crippen molar-refractivity contribution in [2.24, 2.45) is 0 Å². The molecule has 0 fully saturated rings. The van der Waals surface area contributed by atoms with Gasteiger partial charge in [0.15, 0.2) is 34.9 Å². The lowest BCUT2D eigenvalue weighted by atomic mass is 9.95. The molecule has 0 saturated carbocycles. The van der Waals surface area contributed by atoms with Crippen LogP contribution in [0, 0.1) is 0 Å².